The number of nitrogens with one attached hydrogen (secondary N) is 1. The predicted molar refractivity (Wildman–Crippen MR) is 73.1 cm³/mol. The maximum Gasteiger partial charge on any atom is 0.422 e. The van der Waals surface area contributed by atoms with Crippen LogP contribution in [0.1, 0.15) is 38.6 Å². The van der Waals surface area contributed by atoms with Gasteiger partial charge in [-0.3, -0.25) is 0 Å². The van der Waals surface area contributed by atoms with Gasteiger partial charge in [-0.05, 0) is 27.7 Å². The molecule has 0 aliphatic rings. The molecular weight excluding hydrogens is 313 g/mol. The molecule has 1 N–H and O–H groups in total. The van der Waals surface area contributed by atoms with Crippen molar-refractivity contribution in [2.24, 2.45) is 0 Å². The second-order valence-electron chi connectivity index (χ2n) is 5.15. The van der Waals surface area contributed by atoms with Crippen molar-refractivity contribution < 1.29 is 22.1 Å². The van der Waals surface area contributed by atoms with Crippen molar-refractivity contribution in [2.75, 3.05) is 6.61 Å². The lowest BCUT2D eigenvalue weighted by Gasteiger charge is -2.21. The Morgan fingerprint density at radius 3 is 2.55 bits per heavy atom. The van der Waals surface area contributed by atoms with Crippen LogP contribution in [-0.2, 0) is 11.0 Å². The lowest BCUT2D eigenvalue weighted by atomic mass is 10.3. The normalized spacial score (nSPS) is 15.9. The summed E-state index contributed by atoms with van der Waals surface area (Å²) in [6, 6.07) is -0.282. The monoisotopic (exact) mass is 330 g/mol. The molecule has 2 atom stereocenters. The van der Waals surface area contributed by atoms with Crippen LogP contribution < -0.4 is 9.46 Å². The first kappa shape index (κ1) is 17.4. The van der Waals surface area contributed by atoms with Crippen molar-refractivity contribution >= 4 is 22.3 Å². The fraction of sp³-hybridized carbons (Fsp3) is 0.727. The summed E-state index contributed by atoms with van der Waals surface area (Å²) in [5.41, 5.74) is 0. The first-order valence-electron chi connectivity index (χ1n) is 5.82. The second kappa shape index (κ2) is 6.40. The molecule has 0 aliphatic heterocycles. The third kappa shape index (κ3) is 5.76. The SMILES string of the molecule is C[C@@H](N[S@](=O)C(C)(C)C)c1cnc(OCC(F)(F)F)s1. The molecule has 0 aromatic carbocycles. The van der Waals surface area contributed by atoms with Gasteiger partial charge in [0.2, 0.25) is 0 Å². The van der Waals surface area contributed by atoms with Gasteiger partial charge in [-0.15, -0.1) is 0 Å². The number of thiazole rings is 1. The van der Waals surface area contributed by atoms with Crippen molar-refractivity contribution in [3.05, 3.63) is 11.1 Å². The fourth-order valence-electron chi connectivity index (χ4n) is 1.08. The van der Waals surface area contributed by atoms with E-state index in [1.54, 1.807) is 6.92 Å². The highest BCUT2D eigenvalue weighted by Gasteiger charge is 2.29. The molecule has 1 aromatic rings. The van der Waals surface area contributed by atoms with E-state index in [0.29, 0.717) is 4.88 Å². The van der Waals surface area contributed by atoms with Gasteiger partial charge in [0.1, 0.15) is 0 Å². The number of aromatic nitrogens is 1. The summed E-state index contributed by atoms with van der Waals surface area (Å²) in [6.07, 6.45) is -2.96. The van der Waals surface area contributed by atoms with Crippen LogP contribution in [0.25, 0.3) is 0 Å². The minimum Gasteiger partial charge on any atom is -0.460 e. The molecule has 0 saturated heterocycles. The van der Waals surface area contributed by atoms with Gasteiger partial charge in [0.15, 0.2) is 6.61 Å². The molecule has 0 spiro atoms. The third-order valence-electron chi connectivity index (χ3n) is 2.13. The van der Waals surface area contributed by atoms with Crippen LogP contribution >= 0.6 is 11.3 Å². The average Bonchev–Trinajstić information content (AvgIpc) is 2.72. The highest BCUT2D eigenvalue weighted by molar-refractivity contribution is 7.84. The number of rotatable bonds is 5. The van der Waals surface area contributed by atoms with Gasteiger partial charge in [-0.1, -0.05) is 11.3 Å². The summed E-state index contributed by atoms with van der Waals surface area (Å²) in [6.45, 7) is 5.88. The van der Waals surface area contributed by atoms with Crippen LogP contribution in [0, 0.1) is 0 Å². The molecule has 4 nitrogen and oxygen atoms in total. The van der Waals surface area contributed by atoms with Gasteiger partial charge in [0.25, 0.3) is 5.19 Å². The van der Waals surface area contributed by atoms with Crippen molar-refractivity contribution in [1.29, 1.82) is 0 Å². The Kier molecular flexibility index (Phi) is 5.56. The Balaban J connectivity index is 2.60. The van der Waals surface area contributed by atoms with E-state index in [2.05, 4.69) is 14.4 Å². The third-order valence-corrected chi connectivity index (χ3v) is 4.90. The van der Waals surface area contributed by atoms with Crippen molar-refractivity contribution in [3.8, 4) is 5.19 Å². The molecule has 0 amide bonds. The number of hydrogen-bond acceptors (Lipinski definition) is 4. The summed E-state index contributed by atoms with van der Waals surface area (Å²) in [7, 11) is -1.27. The second-order valence-corrected chi connectivity index (χ2v) is 8.18. The lowest BCUT2D eigenvalue weighted by Crippen LogP contribution is -2.34. The summed E-state index contributed by atoms with van der Waals surface area (Å²) in [5, 5.41) is -0.0486. The zero-order valence-corrected chi connectivity index (χ0v) is 13.2. The standard InChI is InChI=1S/C11H17F3N2O2S2/c1-7(16-20(17)10(2,3)4)8-5-15-9(19-8)18-6-11(12,13)14/h5,7,16H,6H2,1-4H3/t7-,20-/m1/s1. The van der Waals surface area contributed by atoms with Crippen LogP contribution in [0.5, 0.6) is 5.19 Å². The minimum atomic E-state index is -4.39. The van der Waals surface area contributed by atoms with E-state index in [1.807, 2.05) is 20.8 Å². The van der Waals surface area contributed by atoms with E-state index in [-0.39, 0.29) is 11.2 Å². The summed E-state index contributed by atoms with van der Waals surface area (Å²) >= 11 is 1.00. The van der Waals surface area contributed by atoms with Gasteiger partial charge in [-0.25, -0.2) is 13.9 Å². The Labute approximate surface area is 122 Å². The van der Waals surface area contributed by atoms with Gasteiger partial charge >= 0.3 is 6.18 Å². The molecule has 0 aliphatic carbocycles. The molecule has 1 rings (SSSR count). The Bertz CT molecular complexity index is 469. The molecule has 0 fully saturated rings. The van der Waals surface area contributed by atoms with Gasteiger partial charge in [0, 0.05) is 11.1 Å². The van der Waals surface area contributed by atoms with Crippen LogP contribution in [0.3, 0.4) is 0 Å². The number of alkyl halides is 3. The Morgan fingerprint density at radius 1 is 1.45 bits per heavy atom. The highest BCUT2D eigenvalue weighted by Crippen LogP contribution is 2.28. The van der Waals surface area contributed by atoms with E-state index < -0.39 is 28.5 Å². The summed E-state index contributed by atoms with van der Waals surface area (Å²) in [4.78, 5) is 4.43. The molecule has 0 radical (unpaired) electrons. The first-order chi connectivity index (χ1) is 8.99. The molecule has 1 aromatic heterocycles. The smallest absolute Gasteiger partial charge is 0.422 e. The summed E-state index contributed by atoms with van der Waals surface area (Å²) in [5.74, 6) is 0. The molecule has 0 unspecified atom stereocenters. The van der Waals surface area contributed by atoms with E-state index in [0.717, 1.165) is 11.3 Å². The van der Waals surface area contributed by atoms with Crippen LogP contribution in [0.2, 0.25) is 0 Å². The van der Waals surface area contributed by atoms with Crippen LogP contribution in [0.15, 0.2) is 6.20 Å². The predicted octanol–water partition coefficient (Wildman–Crippen LogP) is 3.20. The molecule has 1 heterocycles. The zero-order valence-electron chi connectivity index (χ0n) is 11.6. The molecule has 0 bridgehead atoms. The number of hydrogen-bond donors (Lipinski definition) is 1. The van der Waals surface area contributed by atoms with Gasteiger partial charge in [0.05, 0.1) is 21.8 Å². The van der Waals surface area contributed by atoms with Crippen molar-refractivity contribution in [2.45, 2.75) is 44.7 Å². The van der Waals surface area contributed by atoms with Crippen LogP contribution in [0.4, 0.5) is 13.2 Å². The summed E-state index contributed by atoms with van der Waals surface area (Å²) < 4.78 is 55.0. The number of halogens is 3. The van der Waals surface area contributed by atoms with Crippen molar-refractivity contribution in [1.82, 2.24) is 9.71 Å². The lowest BCUT2D eigenvalue weighted by molar-refractivity contribution is -0.153. The maximum absolute atomic E-state index is 12.0. The topological polar surface area (TPSA) is 51.2 Å². The van der Waals surface area contributed by atoms with E-state index in [1.165, 1.54) is 6.20 Å². The van der Waals surface area contributed by atoms with E-state index >= 15 is 0 Å². The molecule has 116 valence electrons. The van der Waals surface area contributed by atoms with Crippen molar-refractivity contribution in [3.63, 3.8) is 0 Å². The number of nitrogens with zero attached hydrogens (tertiary/aromatic N) is 1. The zero-order chi connectivity index (χ0) is 15.6. The van der Waals surface area contributed by atoms with Gasteiger partial charge < -0.3 is 4.74 Å². The Hall–Kier alpha value is -0.670. The minimum absolute atomic E-state index is 0.0486. The molecule has 20 heavy (non-hydrogen) atoms. The molecule has 9 heteroatoms. The van der Waals surface area contributed by atoms with E-state index in [4.69, 9.17) is 0 Å². The Morgan fingerprint density at radius 2 is 2.05 bits per heavy atom. The van der Waals surface area contributed by atoms with Gasteiger partial charge in [-0.2, -0.15) is 13.2 Å². The quantitative estimate of drug-likeness (QED) is 0.902. The largest absolute Gasteiger partial charge is 0.460 e. The molecular formula is C11H17F3N2O2S2. The number of ether oxygens (including phenoxy) is 1. The highest BCUT2D eigenvalue weighted by atomic mass is 32.2. The van der Waals surface area contributed by atoms with E-state index in [9.17, 15) is 17.4 Å². The average molecular weight is 330 g/mol. The maximum atomic E-state index is 12.0. The first-order valence-corrected chi connectivity index (χ1v) is 7.79. The van der Waals surface area contributed by atoms with Crippen LogP contribution in [-0.4, -0.2) is 26.7 Å². The molecule has 0 saturated carbocycles. The fourth-order valence-corrected chi connectivity index (χ4v) is 2.72.